The Labute approximate surface area is 113 Å². The monoisotopic (exact) mass is 255 g/mol. The fourth-order valence-corrected chi connectivity index (χ4v) is 1.96. The highest BCUT2D eigenvalue weighted by atomic mass is 16.3. The average molecular weight is 255 g/mol. The molecule has 0 aliphatic carbocycles. The van der Waals surface area contributed by atoms with Gasteiger partial charge in [-0.25, -0.2) is 0 Å². The number of phenolic OH excluding ortho intramolecular Hbond substituents is 1. The second-order valence-corrected chi connectivity index (χ2v) is 4.44. The van der Waals surface area contributed by atoms with Crippen molar-refractivity contribution in [3.63, 3.8) is 0 Å². The number of aromatic hydroxyl groups is 1. The van der Waals surface area contributed by atoms with Crippen molar-refractivity contribution in [1.29, 1.82) is 0 Å². The van der Waals surface area contributed by atoms with Gasteiger partial charge >= 0.3 is 0 Å². The van der Waals surface area contributed by atoms with Crippen LogP contribution in [0.1, 0.15) is 22.8 Å². The number of rotatable bonds is 3. The van der Waals surface area contributed by atoms with Crippen LogP contribution in [0.5, 0.6) is 5.75 Å². The molecular formula is C16H17NO2. The zero-order valence-electron chi connectivity index (χ0n) is 11.1. The third kappa shape index (κ3) is 2.94. The molecule has 2 rings (SSSR count). The fraction of sp³-hybridized carbons (Fsp3) is 0.188. The molecule has 2 aromatic rings. The molecule has 0 aromatic heterocycles. The Morgan fingerprint density at radius 3 is 2.42 bits per heavy atom. The van der Waals surface area contributed by atoms with Crippen LogP contribution in [0.15, 0.2) is 48.5 Å². The molecule has 19 heavy (non-hydrogen) atoms. The molecular weight excluding hydrogens is 238 g/mol. The number of nitrogens with zero attached hydrogens (tertiary/aromatic N) is 1. The van der Waals surface area contributed by atoms with E-state index in [0.717, 1.165) is 5.56 Å². The van der Waals surface area contributed by atoms with Gasteiger partial charge in [0.25, 0.3) is 5.91 Å². The van der Waals surface area contributed by atoms with E-state index in [1.54, 1.807) is 23.1 Å². The summed E-state index contributed by atoms with van der Waals surface area (Å²) in [6, 6.07) is 14.2. The van der Waals surface area contributed by atoms with Crippen LogP contribution in [0.4, 0.5) is 5.69 Å². The number of hydrogen-bond acceptors (Lipinski definition) is 2. The highest BCUT2D eigenvalue weighted by Crippen LogP contribution is 2.21. The number of hydrogen-bond donors (Lipinski definition) is 1. The molecule has 2 aromatic carbocycles. The zero-order chi connectivity index (χ0) is 13.8. The van der Waals surface area contributed by atoms with E-state index in [-0.39, 0.29) is 11.7 Å². The lowest BCUT2D eigenvalue weighted by Crippen LogP contribution is -2.30. The molecule has 3 nitrogen and oxygen atoms in total. The van der Waals surface area contributed by atoms with E-state index in [2.05, 4.69) is 0 Å². The zero-order valence-corrected chi connectivity index (χ0v) is 11.1. The topological polar surface area (TPSA) is 40.5 Å². The molecule has 3 heteroatoms. The van der Waals surface area contributed by atoms with E-state index < -0.39 is 0 Å². The summed E-state index contributed by atoms with van der Waals surface area (Å²) in [5.41, 5.74) is 2.47. The van der Waals surface area contributed by atoms with Crippen molar-refractivity contribution in [3.05, 3.63) is 59.7 Å². The predicted octanol–water partition coefficient (Wildman–Crippen LogP) is 3.37. The lowest BCUT2D eigenvalue weighted by Gasteiger charge is -2.21. The normalized spacial score (nSPS) is 10.2. The molecule has 0 bridgehead atoms. The Morgan fingerprint density at radius 1 is 1.16 bits per heavy atom. The number of phenols is 1. The number of aryl methyl sites for hydroxylation is 1. The van der Waals surface area contributed by atoms with Gasteiger partial charge in [-0.1, -0.05) is 23.8 Å². The Balaban J connectivity index is 2.31. The fourth-order valence-electron chi connectivity index (χ4n) is 1.96. The van der Waals surface area contributed by atoms with Crippen LogP contribution < -0.4 is 4.90 Å². The maximum Gasteiger partial charge on any atom is 0.258 e. The Bertz CT molecular complexity index is 576. The smallest absolute Gasteiger partial charge is 0.258 e. The minimum absolute atomic E-state index is 0.0619. The third-order valence-corrected chi connectivity index (χ3v) is 3.00. The van der Waals surface area contributed by atoms with Gasteiger partial charge < -0.3 is 10.0 Å². The molecule has 1 amide bonds. The summed E-state index contributed by atoms with van der Waals surface area (Å²) in [5, 5.41) is 9.51. The Hall–Kier alpha value is -2.29. The van der Waals surface area contributed by atoms with Crippen LogP contribution in [-0.4, -0.2) is 17.6 Å². The van der Waals surface area contributed by atoms with Crippen LogP contribution in [0.2, 0.25) is 0 Å². The van der Waals surface area contributed by atoms with Gasteiger partial charge in [0.2, 0.25) is 0 Å². The summed E-state index contributed by atoms with van der Waals surface area (Å²) in [6.45, 7) is 4.45. The molecule has 0 spiro atoms. The average Bonchev–Trinajstić information content (AvgIpc) is 2.40. The summed E-state index contributed by atoms with van der Waals surface area (Å²) in [5.74, 6) is 0.0979. The van der Waals surface area contributed by atoms with Crippen molar-refractivity contribution in [3.8, 4) is 5.75 Å². The number of carbonyl (C=O) groups excluding carboxylic acids is 1. The number of carbonyl (C=O) groups is 1. The number of anilines is 1. The van der Waals surface area contributed by atoms with Gasteiger partial charge in [-0.2, -0.15) is 0 Å². The standard InChI is InChI=1S/C16H17NO2/c1-3-17(14-5-4-6-15(18)11-14)16(19)13-9-7-12(2)8-10-13/h4-11,18H,3H2,1-2H3. The highest BCUT2D eigenvalue weighted by Gasteiger charge is 2.16. The summed E-state index contributed by atoms with van der Waals surface area (Å²) in [4.78, 5) is 14.1. The molecule has 0 saturated heterocycles. The third-order valence-electron chi connectivity index (χ3n) is 3.00. The molecule has 0 heterocycles. The predicted molar refractivity (Wildman–Crippen MR) is 76.6 cm³/mol. The van der Waals surface area contributed by atoms with Gasteiger partial charge in [-0.05, 0) is 38.1 Å². The van der Waals surface area contributed by atoms with Crippen LogP contribution >= 0.6 is 0 Å². The van der Waals surface area contributed by atoms with Gasteiger partial charge in [0.1, 0.15) is 5.75 Å². The summed E-state index contributed by atoms with van der Waals surface area (Å²) in [7, 11) is 0. The van der Waals surface area contributed by atoms with Gasteiger partial charge in [0, 0.05) is 23.9 Å². The van der Waals surface area contributed by atoms with Crippen LogP contribution in [0.3, 0.4) is 0 Å². The summed E-state index contributed by atoms with van der Waals surface area (Å²) < 4.78 is 0. The summed E-state index contributed by atoms with van der Waals surface area (Å²) >= 11 is 0. The quantitative estimate of drug-likeness (QED) is 0.913. The molecule has 0 aliphatic heterocycles. The molecule has 0 radical (unpaired) electrons. The van der Waals surface area contributed by atoms with E-state index >= 15 is 0 Å². The Morgan fingerprint density at radius 2 is 1.84 bits per heavy atom. The molecule has 1 N–H and O–H groups in total. The van der Waals surface area contributed by atoms with E-state index in [1.165, 1.54) is 0 Å². The molecule has 0 aliphatic rings. The maximum atomic E-state index is 12.4. The lowest BCUT2D eigenvalue weighted by atomic mass is 10.1. The highest BCUT2D eigenvalue weighted by molar-refractivity contribution is 6.06. The van der Waals surface area contributed by atoms with E-state index in [4.69, 9.17) is 0 Å². The van der Waals surface area contributed by atoms with Gasteiger partial charge in [0.15, 0.2) is 0 Å². The van der Waals surface area contributed by atoms with E-state index in [1.807, 2.05) is 44.2 Å². The van der Waals surface area contributed by atoms with Gasteiger partial charge in [-0.15, -0.1) is 0 Å². The minimum Gasteiger partial charge on any atom is -0.508 e. The SMILES string of the molecule is CCN(C(=O)c1ccc(C)cc1)c1cccc(O)c1. The number of benzene rings is 2. The Kier molecular flexibility index (Phi) is 3.85. The van der Waals surface area contributed by atoms with Gasteiger partial charge in [-0.3, -0.25) is 4.79 Å². The first kappa shape index (κ1) is 13.1. The lowest BCUT2D eigenvalue weighted by molar-refractivity contribution is 0.0988. The first-order valence-electron chi connectivity index (χ1n) is 6.29. The van der Waals surface area contributed by atoms with Crippen molar-refractivity contribution < 1.29 is 9.90 Å². The molecule has 0 fully saturated rings. The summed E-state index contributed by atoms with van der Waals surface area (Å²) in [6.07, 6.45) is 0. The van der Waals surface area contributed by atoms with Gasteiger partial charge in [0.05, 0.1) is 0 Å². The molecule has 98 valence electrons. The van der Waals surface area contributed by atoms with E-state index in [0.29, 0.717) is 17.8 Å². The molecule has 0 unspecified atom stereocenters. The number of amides is 1. The van der Waals surface area contributed by atoms with Crippen molar-refractivity contribution >= 4 is 11.6 Å². The van der Waals surface area contributed by atoms with Crippen molar-refractivity contribution in [1.82, 2.24) is 0 Å². The first-order chi connectivity index (χ1) is 9.11. The first-order valence-corrected chi connectivity index (χ1v) is 6.29. The van der Waals surface area contributed by atoms with Crippen LogP contribution in [0.25, 0.3) is 0 Å². The van der Waals surface area contributed by atoms with E-state index in [9.17, 15) is 9.90 Å². The minimum atomic E-state index is -0.0619. The second-order valence-electron chi connectivity index (χ2n) is 4.44. The van der Waals surface area contributed by atoms with Crippen LogP contribution in [0, 0.1) is 6.92 Å². The van der Waals surface area contributed by atoms with Crippen molar-refractivity contribution in [2.45, 2.75) is 13.8 Å². The maximum absolute atomic E-state index is 12.4. The van der Waals surface area contributed by atoms with Crippen LogP contribution in [-0.2, 0) is 0 Å². The molecule has 0 saturated carbocycles. The largest absolute Gasteiger partial charge is 0.508 e. The van der Waals surface area contributed by atoms with Crippen molar-refractivity contribution in [2.24, 2.45) is 0 Å². The second kappa shape index (κ2) is 5.57. The van der Waals surface area contributed by atoms with Crippen molar-refractivity contribution in [2.75, 3.05) is 11.4 Å². The molecule has 0 atom stereocenters.